The van der Waals surface area contributed by atoms with E-state index in [4.69, 9.17) is 5.11 Å². The molecule has 0 rings (SSSR count). The molecule has 5 nitrogen and oxygen atoms in total. The van der Waals surface area contributed by atoms with E-state index in [-0.39, 0.29) is 12.8 Å². The predicted octanol–water partition coefficient (Wildman–Crippen LogP) is 1.88. The third-order valence-corrected chi connectivity index (χ3v) is 3.14. The van der Waals surface area contributed by atoms with Gasteiger partial charge in [-0.05, 0) is 12.8 Å². The molecular formula is C12H22O5. The molecule has 0 aromatic rings. The van der Waals surface area contributed by atoms with Crippen molar-refractivity contribution < 1.29 is 24.9 Å². The van der Waals surface area contributed by atoms with Gasteiger partial charge in [-0.25, -0.2) is 4.79 Å². The molecule has 0 radical (unpaired) electrons. The lowest BCUT2D eigenvalue weighted by Gasteiger charge is -2.31. The minimum absolute atomic E-state index is 0.201. The number of aliphatic hydroxyl groups excluding tert-OH is 1. The Hall–Kier alpha value is -1.10. The van der Waals surface area contributed by atoms with E-state index in [0.717, 1.165) is 12.8 Å². The van der Waals surface area contributed by atoms with Gasteiger partial charge in [0, 0.05) is 0 Å². The zero-order chi connectivity index (χ0) is 13.5. The summed E-state index contributed by atoms with van der Waals surface area (Å²) in [5, 5.41) is 27.8. The van der Waals surface area contributed by atoms with Crippen LogP contribution in [-0.2, 0) is 9.59 Å². The summed E-state index contributed by atoms with van der Waals surface area (Å²) >= 11 is 0. The number of carboxylic acids is 2. The van der Waals surface area contributed by atoms with Crippen molar-refractivity contribution >= 4 is 11.9 Å². The fourth-order valence-electron chi connectivity index (χ4n) is 1.95. The molecule has 0 aromatic carbocycles. The van der Waals surface area contributed by atoms with Gasteiger partial charge in [0.25, 0.3) is 0 Å². The highest BCUT2D eigenvalue weighted by Gasteiger charge is 2.47. The molecule has 0 bridgehead atoms. The van der Waals surface area contributed by atoms with Crippen LogP contribution < -0.4 is 0 Å². The number of rotatable bonds is 9. The van der Waals surface area contributed by atoms with Crippen LogP contribution in [0.1, 0.15) is 52.4 Å². The van der Waals surface area contributed by atoms with Gasteiger partial charge in [-0.3, -0.25) is 4.79 Å². The maximum absolute atomic E-state index is 11.4. The average Bonchev–Trinajstić information content (AvgIpc) is 2.28. The van der Waals surface area contributed by atoms with Gasteiger partial charge in [0.2, 0.25) is 0 Å². The van der Waals surface area contributed by atoms with Crippen molar-refractivity contribution in [1.82, 2.24) is 0 Å². The normalized spacial score (nSPS) is 13.4. The lowest BCUT2D eigenvalue weighted by Crippen LogP contribution is -2.47. The summed E-state index contributed by atoms with van der Waals surface area (Å²) in [6, 6.07) is 0. The van der Waals surface area contributed by atoms with Crippen LogP contribution in [0.25, 0.3) is 0 Å². The largest absolute Gasteiger partial charge is 0.481 e. The molecule has 0 aromatic heterocycles. The molecule has 0 aliphatic carbocycles. The third kappa shape index (κ3) is 4.00. The van der Waals surface area contributed by atoms with E-state index in [1.54, 1.807) is 0 Å². The van der Waals surface area contributed by atoms with Crippen molar-refractivity contribution in [2.45, 2.75) is 58.5 Å². The molecule has 0 saturated carbocycles. The molecule has 0 saturated heterocycles. The first-order valence-electron chi connectivity index (χ1n) is 6.06. The number of aliphatic hydroxyl groups is 1. The quantitative estimate of drug-likeness (QED) is 0.577. The smallest absolute Gasteiger partial charge is 0.333 e. The summed E-state index contributed by atoms with van der Waals surface area (Å²) in [6.07, 6.45) is 1.30. The van der Waals surface area contributed by atoms with Crippen molar-refractivity contribution in [2.24, 2.45) is 5.41 Å². The number of hydrogen-bond donors (Lipinski definition) is 3. The molecule has 0 aliphatic rings. The average molecular weight is 246 g/mol. The Balaban J connectivity index is 5.07. The standard InChI is InChI=1S/C12H22O5/c1-3-5-7-12(11(16)17,8-6-4-2)9(13)10(14)15/h9,13H,3-8H2,1-2H3,(H,14,15)(H,16,17). The Morgan fingerprint density at radius 3 is 1.71 bits per heavy atom. The van der Waals surface area contributed by atoms with Crippen molar-refractivity contribution in [2.75, 3.05) is 0 Å². The number of unbranched alkanes of at least 4 members (excludes halogenated alkanes) is 2. The van der Waals surface area contributed by atoms with Crippen LogP contribution in [-0.4, -0.2) is 33.4 Å². The zero-order valence-electron chi connectivity index (χ0n) is 10.5. The lowest BCUT2D eigenvalue weighted by molar-refractivity contribution is -0.171. The van der Waals surface area contributed by atoms with Crippen LogP contribution >= 0.6 is 0 Å². The van der Waals surface area contributed by atoms with E-state index >= 15 is 0 Å². The molecular weight excluding hydrogens is 224 g/mol. The molecule has 0 amide bonds. The molecule has 0 heterocycles. The highest BCUT2D eigenvalue weighted by Crippen LogP contribution is 2.35. The molecule has 100 valence electrons. The van der Waals surface area contributed by atoms with Crippen LogP contribution in [0.3, 0.4) is 0 Å². The Morgan fingerprint density at radius 2 is 1.47 bits per heavy atom. The third-order valence-electron chi connectivity index (χ3n) is 3.14. The van der Waals surface area contributed by atoms with Crippen molar-refractivity contribution in [3.8, 4) is 0 Å². The maximum atomic E-state index is 11.4. The Labute approximate surface area is 101 Å². The van der Waals surface area contributed by atoms with Crippen molar-refractivity contribution in [3.63, 3.8) is 0 Å². The van der Waals surface area contributed by atoms with Crippen LogP contribution in [0.2, 0.25) is 0 Å². The fraction of sp³-hybridized carbons (Fsp3) is 0.833. The van der Waals surface area contributed by atoms with Gasteiger partial charge in [0.05, 0.1) is 0 Å². The number of hydrogen-bond acceptors (Lipinski definition) is 3. The maximum Gasteiger partial charge on any atom is 0.333 e. The number of aliphatic carboxylic acids is 2. The first kappa shape index (κ1) is 15.9. The summed E-state index contributed by atoms with van der Waals surface area (Å²) < 4.78 is 0. The summed E-state index contributed by atoms with van der Waals surface area (Å²) in [4.78, 5) is 22.2. The van der Waals surface area contributed by atoms with E-state index in [9.17, 15) is 19.8 Å². The van der Waals surface area contributed by atoms with Gasteiger partial charge < -0.3 is 15.3 Å². The molecule has 3 N–H and O–H groups in total. The second kappa shape index (κ2) is 7.27. The molecule has 17 heavy (non-hydrogen) atoms. The minimum atomic E-state index is -1.84. The van der Waals surface area contributed by atoms with E-state index in [1.165, 1.54) is 0 Å². The number of carbonyl (C=O) groups is 2. The van der Waals surface area contributed by atoms with Crippen molar-refractivity contribution in [1.29, 1.82) is 0 Å². The summed E-state index contributed by atoms with van der Waals surface area (Å²) in [7, 11) is 0. The Bertz CT molecular complexity index is 254. The fourth-order valence-corrected chi connectivity index (χ4v) is 1.95. The van der Waals surface area contributed by atoms with Crippen molar-refractivity contribution in [3.05, 3.63) is 0 Å². The summed E-state index contributed by atoms with van der Waals surface area (Å²) in [5.41, 5.74) is -1.54. The molecule has 0 fully saturated rings. The second-order valence-corrected chi connectivity index (χ2v) is 4.41. The van der Waals surface area contributed by atoms with E-state index in [1.807, 2.05) is 13.8 Å². The Morgan fingerprint density at radius 1 is 1.06 bits per heavy atom. The zero-order valence-corrected chi connectivity index (χ0v) is 10.5. The van der Waals surface area contributed by atoms with Gasteiger partial charge >= 0.3 is 11.9 Å². The van der Waals surface area contributed by atoms with Crippen LogP contribution in [0.15, 0.2) is 0 Å². The highest BCUT2D eigenvalue weighted by molar-refractivity contribution is 5.84. The van der Waals surface area contributed by atoms with Crippen LogP contribution in [0.4, 0.5) is 0 Å². The molecule has 0 spiro atoms. The number of carboxylic acid groups (broad SMARTS) is 2. The van der Waals surface area contributed by atoms with E-state index < -0.39 is 23.5 Å². The van der Waals surface area contributed by atoms with Crippen LogP contribution in [0, 0.1) is 5.41 Å². The second-order valence-electron chi connectivity index (χ2n) is 4.41. The molecule has 1 atom stereocenters. The molecule has 0 aliphatic heterocycles. The highest BCUT2D eigenvalue weighted by atomic mass is 16.4. The monoisotopic (exact) mass is 246 g/mol. The minimum Gasteiger partial charge on any atom is -0.481 e. The summed E-state index contributed by atoms with van der Waals surface area (Å²) in [6.45, 7) is 3.80. The van der Waals surface area contributed by atoms with E-state index in [2.05, 4.69) is 0 Å². The Kier molecular flexibility index (Phi) is 6.80. The van der Waals surface area contributed by atoms with Crippen LogP contribution in [0.5, 0.6) is 0 Å². The predicted molar refractivity (Wildman–Crippen MR) is 62.8 cm³/mol. The van der Waals surface area contributed by atoms with Gasteiger partial charge in [-0.15, -0.1) is 0 Å². The molecule has 5 heteroatoms. The van der Waals surface area contributed by atoms with E-state index in [0.29, 0.717) is 12.8 Å². The van der Waals surface area contributed by atoms with Gasteiger partial charge in [-0.1, -0.05) is 39.5 Å². The van der Waals surface area contributed by atoms with Gasteiger partial charge in [-0.2, -0.15) is 0 Å². The summed E-state index contributed by atoms with van der Waals surface area (Å²) in [5.74, 6) is -2.67. The van der Waals surface area contributed by atoms with Gasteiger partial charge in [0.15, 0.2) is 6.10 Å². The molecule has 1 unspecified atom stereocenters. The topological polar surface area (TPSA) is 94.8 Å². The first-order valence-corrected chi connectivity index (χ1v) is 6.06. The first-order chi connectivity index (χ1) is 7.92. The van der Waals surface area contributed by atoms with Gasteiger partial charge in [0.1, 0.15) is 5.41 Å². The SMILES string of the molecule is CCCCC(CCCC)(C(=O)O)C(O)C(=O)O. The lowest BCUT2D eigenvalue weighted by atomic mass is 9.73.